The van der Waals surface area contributed by atoms with Crippen LogP contribution in [-0.4, -0.2) is 23.3 Å². The molecule has 2 aromatic rings. The SMILES string of the molecule is CC(C)CNc1ccnc(Nc2ccc3c(c2)OCO3)n1. The molecule has 2 heterocycles. The molecule has 6 heteroatoms. The Labute approximate surface area is 123 Å². The van der Waals surface area contributed by atoms with Crippen LogP contribution >= 0.6 is 0 Å². The van der Waals surface area contributed by atoms with Crippen LogP contribution in [-0.2, 0) is 0 Å². The van der Waals surface area contributed by atoms with E-state index in [2.05, 4.69) is 34.4 Å². The smallest absolute Gasteiger partial charge is 0.231 e. The van der Waals surface area contributed by atoms with Gasteiger partial charge in [-0.1, -0.05) is 13.8 Å². The normalized spacial score (nSPS) is 12.5. The fourth-order valence-corrected chi connectivity index (χ4v) is 1.93. The van der Waals surface area contributed by atoms with Crippen molar-refractivity contribution in [2.24, 2.45) is 5.92 Å². The van der Waals surface area contributed by atoms with Gasteiger partial charge in [0.05, 0.1) is 0 Å². The highest BCUT2D eigenvalue weighted by molar-refractivity contribution is 5.60. The third-order valence-corrected chi connectivity index (χ3v) is 2.98. The first-order valence-corrected chi connectivity index (χ1v) is 6.94. The highest BCUT2D eigenvalue weighted by Crippen LogP contribution is 2.34. The van der Waals surface area contributed by atoms with E-state index in [0.29, 0.717) is 11.9 Å². The van der Waals surface area contributed by atoms with Gasteiger partial charge in [0.15, 0.2) is 11.5 Å². The third kappa shape index (κ3) is 3.34. The number of rotatable bonds is 5. The second-order valence-corrected chi connectivity index (χ2v) is 5.23. The van der Waals surface area contributed by atoms with Crippen molar-refractivity contribution < 1.29 is 9.47 Å². The Morgan fingerprint density at radius 1 is 1.19 bits per heavy atom. The highest BCUT2D eigenvalue weighted by Gasteiger charge is 2.13. The predicted octanol–water partition coefficient (Wildman–Crippen LogP) is 3.02. The minimum absolute atomic E-state index is 0.268. The number of aromatic nitrogens is 2. The van der Waals surface area contributed by atoms with Crippen LogP contribution in [0, 0.1) is 5.92 Å². The maximum atomic E-state index is 5.35. The van der Waals surface area contributed by atoms with E-state index in [1.807, 2.05) is 24.3 Å². The van der Waals surface area contributed by atoms with Gasteiger partial charge >= 0.3 is 0 Å². The summed E-state index contributed by atoms with van der Waals surface area (Å²) in [7, 11) is 0. The summed E-state index contributed by atoms with van der Waals surface area (Å²) < 4.78 is 10.6. The molecule has 0 bridgehead atoms. The summed E-state index contributed by atoms with van der Waals surface area (Å²) >= 11 is 0. The molecule has 1 aliphatic heterocycles. The Bertz CT molecular complexity index is 631. The summed E-state index contributed by atoms with van der Waals surface area (Å²) in [5, 5.41) is 6.44. The van der Waals surface area contributed by atoms with Crippen LogP contribution in [0.1, 0.15) is 13.8 Å². The predicted molar refractivity (Wildman–Crippen MR) is 81.2 cm³/mol. The topological polar surface area (TPSA) is 68.3 Å². The van der Waals surface area contributed by atoms with Crippen LogP contribution in [0.25, 0.3) is 0 Å². The van der Waals surface area contributed by atoms with E-state index >= 15 is 0 Å². The first-order valence-electron chi connectivity index (χ1n) is 6.94. The second-order valence-electron chi connectivity index (χ2n) is 5.23. The van der Waals surface area contributed by atoms with Crippen molar-refractivity contribution in [2.75, 3.05) is 24.0 Å². The maximum Gasteiger partial charge on any atom is 0.231 e. The number of benzene rings is 1. The van der Waals surface area contributed by atoms with Gasteiger partial charge in [-0.15, -0.1) is 0 Å². The maximum absolute atomic E-state index is 5.35. The molecule has 1 aromatic heterocycles. The van der Waals surface area contributed by atoms with Crippen molar-refractivity contribution in [3.8, 4) is 11.5 Å². The molecule has 2 N–H and O–H groups in total. The Morgan fingerprint density at radius 3 is 2.90 bits per heavy atom. The molecule has 0 radical (unpaired) electrons. The summed E-state index contributed by atoms with van der Waals surface area (Å²) in [6, 6.07) is 7.50. The van der Waals surface area contributed by atoms with E-state index in [4.69, 9.17) is 9.47 Å². The first-order chi connectivity index (χ1) is 10.2. The largest absolute Gasteiger partial charge is 0.454 e. The number of hydrogen-bond donors (Lipinski definition) is 2. The van der Waals surface area contributed by atoms with E-state index in [0.717, 1.165) is 29.5 Å². The average molecular weight is 286 g/mol. The van der Waals surface area contributed by atoms with Crippen molar-refractivity contribution in [3.05, 3.63) is 30.5 Å². The molecule has 0 aliphatic carbocycles. The van der Waals surface area contributed by atoms with Crippen LogP contribution < -0.4 is 20.1 Å². The summed E-state index contributed by atoms with van der Waals surface area (Å²) in [5.74, 6) is 3.40. The lowest BCUT2D eigenvalue weighted by molar-refractivity contribution is 0.174. The first kappa shape index (κ1) is 13.5. The molecule has 0 amide bonds. The zero-order valence-electron chi connectivity index (χ0n) is 12.1. The molecule has 0 fully saturated rings. The molecule has 6 nitrogen and oxygen atoms in total. The Balaban J connectivity index is 1.71. The van der Waals surface area contributed by atoms with Crippen molar-refractivity contribution >= 4 is 17.5 Å². The average Bonchev–Trinajstić information content (AvgIpc) is 2.93. The summed E-state index contributed by atoms with van der Waals surface area (Å²) in [5.41, 5.74) is 0.861. The number of anilines is 3. The molecule has 21 heavy (non-hydrogen) atoms. The number of fused-ring (bicyclic) bond motifs is 1. The number of nitrogens with one attached hydrogen (secondary N) is 2. The van der Waals surface area contributed by atoms with Gasteiger partial charge in [-0.3, -0.25) is 0 Å². The molecule has 0 unspecified atom stereocenters. The quantitative estimate of drug-likeness (QED) is 0.880. The zero-order chi connectivity index (χ0) is 14.7. The van der Waals surface area contributed by atoms with Gasteiger partial charge < -0.3 is 20.1 Å². The molecule has 0 atom stereocenters. The van der Waals surface area contributed by atoms with Crippen molar-refractivity contribution in [3.63, 3.8) is 0 Å². The van der Waals surface area contributed by atoms with Crippen LogP contribution in [0.15, 0.2) is 30.5 Å². The molecule has 0 saturated carbocycles. The molecular formula is C15H18N4O2. The van der Waals surface area contributed by atoms with Gasteiger partial charge in [-0.05, 0) is 24.1 Å². The molecule has 0 spiro atoms. The third-order valence-electron chi connectivity index (χ3n) is 2.98. The second kappa shape index (κ2) is 5.87. The van der Waals surface area contributed by atoms with E-state index in [1.165, 1.54) is 0 Å². The van der Waals surface area contributed by atoms with Crippen molar-refractivity contribution in [2.45, 2.75) is 13.8 Å². The van der Waals surface area contributed by atoms with Gasteiger partial charge in [-0.25, -0.2) is 4.98 Å². The summed E-state index contributed by atoms with van der Waals surface area (Å²) in [4.78, 5) is 8.65. The summed E-state index contributed by atoms with van der Waals surface area (Å²) in [6.07, 6.45) is 1.73. The van der Waals surface area contributed by atoms with Gasteiger partial charge in [-0.2, -0.15) is 4.98 Å². The molecule has 1 aliphatic rings. The van der Waals surface area contributed by atoms with E-state index in [9.17, 15) is 0 Å². The van der Waals surface area contributed by atoms with Crippen molar-refractivity contribution in [1.29, 1.82) is 0 Å². The van der Waals surface area contributed by atoms with Gasteiger partial charge in [0, 0.05) is 24.5 Å². The molecule has 110 valence electrons. The van der Waals surface area contributed by atoms with Crippen LogP contribution in [0.3, 0.4) is 0 Å². The Morgan fingerprint density at radius 2 is 2.05 bits per heavy atom. The molecule has 3 rings (SSSR count). The van der Waals surface area contributed by atoms with Crippen LogP contribution in [0.4, 0.5) is 17.5 Å². The Hall–Kier alpha value is -2.50. The lowest BCUT2D eigenvalue weighted by Crippen LogP contribution is -2.10. The molecule has 1 aromatic carbocycles. The fraction of sp³-hybridized carbons (Fsp3) is 0.333. The minimum Gasteiger partial charge on any atom is -0.454 e. The molecule has 0 saturated heterocycles. The fourth-order valence-electron chi connectivity index (χ4n) is 1.93. The minimum atomic E-state index is 0.268. The monoisotopic (exact) mass is 286 g/mol. The highest BCUT2D eigenvalue weighted by atomic mass is 16.7. The lowest BCUT2D eigenvalue weighted by Gasteiger charge is -2.10. The molecular weight excluding hydrogens is 268 g/mol. The Kier molecular flexibility index (Phi) is 3.77. The number of hydrogen-bond acceptors (Lipinski definition) is 6. The summed E-state index contributed by atoms with van der Waals surface area (Å²) in [6.45, 7) is 5.45. The van der Waals surface area contributed by atoms with Gasteiger partial charge in [0.2, 0.25) is 12.7 Å². The number of nitrogens with zero attached hydrogens (tertiary/aromatic N) is 2. The van der Waals surface area contributed by atoms with Gasteiger partial charge in [0.1, 0.15) is 5.82 Å². The number of ether oxygens (including phenoxy) is 2. The van der Waals surface area contributed by atoms with Crippen molar-refractivity contribution in [1.82, 2.24) is 9.97 Å². The van der Waals surface area contributed by atoms with Gasteiger partial charge in [0.25, 0.3) is 0 Å². The van der Waals surface area contributed by atoms with E-state index in [1.54, 1.807) is 6.20 Å². The zero-order valence-corrected chi connectivity index (χ0v) is 12.1. The van der Waals surface area contributed by atoms with E-state index in [-0.39, 0.29) is 6.79 Å². The lowest BCUT2D eigenvalue weighted by atomic mass is 10.2. The van der Waals surface area contributed by atoms with Crippen LogP contribution in [0.2, 0.25) is 0 Å². The van der Waals surface area contributed by atoms with E-state index < -0.39 is 0 Å². The standard InChI is InChI=1S/C15H18N4O2/c1-10(2)8-17-14-5-6-16-15(19-14)18-11-3-4-12-13(7-11)21-9-20-12/h3-7,10H,8-9H2,1-2H3,(H2,16,17,18,19). The van der Waals surface area contributed by atoms with Crippen LogP contribution in [0.5, 0.6) is 11.5 Å².